The summed E-state index contributed by atoms with van der Waals surface area (Å²) in [5.41, 5.74) is 2.46. The zero-order chi connectivity index (χ0) is 14.4. The highest BCUT2D eigenvalue weighted by Gasteiger charge is 2.33. The summed E-state index contributed by atoms with van der Waals surface area (Å²) in [6, 6.07) is 10.1. The van der Waals surface area contributed by atoms with Crippen molar-refractivity contribution >= 4 is 22.6 Å². The fourth-order valence-corrected chi connectivity index (χ4v) is 2.70. The van der Waals surface area contributed by atoms with E-state index in [4.69, 9.17) is 11.6 Å². The highest BCUT2D eigenvalue weighted by molar-refractivity contribution is 6.70. The Labute approximate surface area is 127 Å². The monoisotopic (exact) mass is 297 g/mol. The number of fused-ring (bicyclic) bond motifs is 3. The molecule has 0 amide bonds. The lowest BCUT2D eigenvalue weighted by Gasteiger charge is -2.24. The zero-order valence-electron chi connectivity index (χ0n) is 11.4. The molecule has 0 fully saturated rings. The van der Waals surface area contributed by atoms with Crippen molar-refractivity contribution in [2.45, 2.75) is 13.0 Å². The van der Waals surface area contributed by atoms with Crippen molar-refractivity contribution in [2.24, 2.45) is 10.1 Å². The first kappa shape index (κ1) is 12.5. The summed E-state index contributed by atoms with van der Waals surface area (Å²) in [5, 5.41) is 6.63. The average Bonchev–Trinajstić information content (AvgIpc) is 2.89. The standard InChI is InChI=1S/C15H12ClN5/c1-9-7-18-15-12-11(13(16)20-21(9)15)8-17-14(19-12)10-5-3-2-4-6-10/h2-6,8-9H,7H2,1H3. The van der Waals surface area contributed by atoms with Crippen LogP contribution in [0.1, 0.15) is 18.2 Å². The van der Waals surface area contributed by atoms with Crippen LogP contribution in [0.4, 0.5) is 0 Å². The molecule has 21 heavy (non-hydrogen) atoms. The van der Waals surface area contributed by atoms with Crippen molar-refractivity contribution in [1.82, 2.24) is 15.0 Å². The van der Waals surface area contributed by atoms with E-state index in [0.29, 0.717) is 17.5 Å². The van der Waals surface area contributed by atoms with Crippen LogP contribution in [0, 0.1) is 0 Å². The molecule has 0 radical (unpaired) electrons. The molecule has 3 heterocycles. The Kier molecular flexibility index (Phi) is 2.75. The van der Waals surface area contributed by atoms with Crippen LogP contribution in [-0.2, 0) is 0 Å². The van der Waals surface area contributed by atoms with Gasteiger partial charge < -0.3 is 0 Å². The van der Waals surface area contributed by atoms with E-state index in [1.807, 2.05) is 35.3 Å². The van der Waals surface area contributed by atoms with E-state index in [9.17, 15) is 0 Å². The van der Waals surface area contributed by atoms with Crippen molar-refractivity contribution in [2.75, 3.05) is 6.54 Å². The summed E-state index contributed by atoms with van der Waals surface area (Å²) in [7, 11) is 0. The number of halogens is 1. The van der Waals surface area contributed by atoms with Crippen LogP contribution in [0.3, 0.4) is 0 Å². The molecule has 0 saturated heterocycles. The minimum Gasteiger partial charge on any atom is -0.263 e. The molecule has 2 aliphatic rings. The number of nitrogens with zero attached hydrogens (tertiary/aromatic N) is 5. The van der Waals surface area contributed by atoms with Crippen molar-refractivity contribution in [1.29, 1.82) is 0 Å². The van der Waals surface area contributed by atoms with Gasteiger partial charge in [0.2, 0.25) is 0 Å². The van der Waals surface area contributed by atoms with Crippen molar-refractivity contribution in [3.63, 3.8) is 0 Å². The van der Waals surface area contributed by atoms with E-state index < -0.39 is 0 Å². The number of hydrogen-bond acceptors (Lipinski definition) is 5. The van der Waals surface area contributed by atoms with Gasteiger partial charge in [-0.25, -0.2) is 15.0 Å². The smallest absolute Gasteiger partial charge is 0.171 e. The van der Waals surface area contributed by atoms with Crippen LogP contribution in [0.2, 0.25) is 0 Å². The second-order valence-corrected chi connectivity index (χ2v) is 5.43. The highest BCUT2D eigenvalue weighted by Crippen LogP contribution is 2.26. The summed E-state index contributed by atoms with van der Waals surface area (Å²) in [6.07, 6.45) is 1.72. The van der Waals surface area contributed by atoms with Gasteiger partial charge in [-0.15, -0.1) is 0 Å². The molecule has 1 aromatic heterocycles. The Morgan fingerprint density at radius 2 is 2.05 bits per heavy atom. The normalized spacial score (nSPS) is 19.7. The molecule has 0 spiro atoms. The quantitative estimate of drug-likeness (QED) is 0.812. The summed E-state index contributed by atoms with van der Waals surface area (Å²) >= 11 is 6.25. The van der Waals surface area contributed by atoms with E-state index in [0.717, 1.165) is 22.7 Å². The van der Waals surface area contributed by atoms with Crippen molar-refractivity contribution < 1.29 is 0 Å². The maximum absolute atomic E-state index is 6.25. The Morgan fingerprint density at radius 3 is 2.86 bits per heavy atom. The second kappa shape index (κ2) is 4.63. The topological polar surface area (TPSA) is 53.7 Å². The first-order chi connectivity index (χ1) is 10.2. The molecule has 1 unspecified atom stereocenters. The summed E-state index contributed by atoms with van der Waals surface area (Å²) in [5.74, 6) is 1.45. The zero-order valence-corrected chi connectivity index (χ0v) is 12.1. The summed E-state index contributed by atoms with van der Waals surface area (Å²) in [6.45, 7) is 2.77. The van der Waals surface area contributed by atoms with Crippen LogP contribution in [0.15, 0.2) is 46.6 Å². The Hall–Kier alpha value is -2.27. The maximum Gasteiger partial charge on any atom is 0.171 e. The molecule has 1 aromatic carbocycles. The lowest BCUT2D eigenvalue weighted by molar-refractivity contribution is 0.382. The van der Waals surface area contributed by atoms with Gasteiger partial charge in [0.05, 0.1) is 18.2 Å². The predicted octanol–water partition coefficient (Wildman–Crippen LogP) is 2.51. The maximum atomic E-state index is 6.25. The van der Waals surface area contributed by atoms with Gasteiger partial charge in [0, 0.05) is 11.8 Å². The van der Waals surface area contributed by atoms with E-state index >= 15 is 0 Å². The minimum absolute atomic E-state index is 0.206. The Balaban J connectivity index is 1.88. The molecule has 5 nitrogen and oxygen atoms in total. The van der Waals surface area contributed by atoms with Crippen LogP contribution in [0.25, 0.3) is 11.4 Å². The van der Waals surface area contributed by atoms with Crippen LogP contribution >= 0.6 is 11.6 Å². The fourth-order valence-electron chi connectivity index (χ4n) is 2.48. The number of rotatable bonds is 1. The Morgan fingerprint density at radius 1 is 1.24 bits per heavy atom. The van der Waals surface area contributed by atoms with Crippen LogP contribution in [0.5, 0.6) is 0 Å². The molecule has 6 heteroatoms. The van der Waals surface area contributed by atoms with E-state index in [1.54, 1.807) is 6.20 Å². The summed E-state index contributed by atoms with van der Waals surface area (Å²) < 4.78 is 0. The molecule has 4 rings (SSSR count). The third-order valence-electron chi connectivity index (χ3n) is 3.59. The average molecular weight is 298 g/mol. The molecule has 0 bridgehead atoms. The Bertz CT molecular complexity index is 769. The molecule has 1 atom stereocenters. The number of hydrazone groups is 1. The molecule has 0 saturated carbocycles. The second-order valence-electron chi connectivity index (χ2n) is 5.07. The lowest BCUT2D eigenvalue weighted by Crippen LogP contribution is -2.35. The molecule has 0 N–H and O–H groups in total. The molecular formula is C15H12ClN5. The highest BCUT2D eigenvalue weighted by atomic mass is 35.5. The third-order valence-corrected chi connectivity index (χ3v) is 3.87. The lowest BCUT2D eigenvalue weighted by atomic mass is 10.1. The van der Waals surface area contributed by atoms with E-state index in [-0.39, 0.29) is 6.04 Å². The molecule has 104 valence electrons. The first-order valence-corrected chi connectivity index (χ1v) is 7.13. The van der Waals surface area contributed by atoms with Crippen molar-refractivity contribution in [3.05, 3.63) is 47.8 Å². The molecule has 2 aliphatic heterocycles. The SMILES string of the molecule is CC1CN=C2c3nc(-c4ccccc4)ncc3C(Cl)=NN21. The van der Waals surface area contributed by atoms with Gasteiger partial charge in [-0.05, 0) is 6.92 Å². The number of amidine groups is 1. The van der Waals surface area contributed by atoms with E-state index in [1.165, 1.54) is 0 Å². The largest absolute Gasteiger partial charge is 0.263 e. The number of aliphatic imine (C=N–C) groups is 1. The minimum atomic E-state index is 0.206. The number of hydrogen-bond donors (Lipinski definition) is 0. The first-order valence-electron chi connectivity index (χ1n) is 6.75. The van der Waals surface area contributed by atoms with Gasteiger partial charge in [0.15, 0.2) is 16.8 Å². The van der Waals surface area contributed by atoms with Crippen LogP contribution in [-0.4, -0.2) is 38.6 Å². The van der Waals surface area contributed by atoms with E-state index in [2.05, 4.69) is 27.0 Å². The van der Waals surface area contributed by atoms with Gasteiger partial charge >= 0.3 is 0 Å². The van der Waals surface area contributed by atoms with Crippen LogP contribution < -0.4 is 0 Å². The fraction of sp³-hybridized carbons (Fsp3) is 0.200. The number of benzene rings is 1. The number of aromatic nitrogens is 2. The van der Waals surface area contributed by atoms with Gasteiger partial charge in [-0.3, -0.25) is 4.99 Å². The molecular weight excluding hydrogens is 286 g/mol. The molecule has 0 aliphatic carbocycles. The molecule has 2 aromatic rings. The predicted molar refractivity (Wildman–Crippen MR) is 82.6 cm³/mol. The van der Waals surface area contributed by atoms with Gasteiger partial charge in [-0.1, -0.05) is 41.9 Å². The van der Waals surface area contributed by atoms with Gasteiger partial charge in [0.1, 0.15) is 5.69 Å². The van der Waals surface area contributed by atoms with Gasteiger partial charge in [-0.2, -0.15) is 5.10 Å². The van der Waals surface area contributed by atoms with Gasteiger partial charge in [0.25, 0.3) is 0 Å². The third kappa shape index (κ3) is 1.93. The van der Waals surface area contributed by atoms with Crippen molar-refractivity contribution in [3.8, 4) is 11.4 Å². The summed E-state index contributed by atoms with van der Waals surface area (Å²) in [4.78, 5) is 13.6.